The van der Waals surface area contributed by atoms with Crippen LogP contribution in [0.4, 0.5) is 0 Å². The molecule has 0 aromatic carbocycles. The zero-order chi connectivity index (χ0) is 6.85. The van der Waals surface area contributed by atoms with E-state index < -0.39 is 0 Å². The van der Waals surface area contributed by atoms with E-state index in [1.165, 1.54) is 5.57 Å². The molecule has 0 saturated carbocycles. The van der Waals surface area contributed by atoms with Crippen LogP contribution in [0.2, 0.25) is 0 Å². The summed E-state index contributed by atoms with van der Waals surface area (Å²) in [7, 11) is 0. The van der Waals surface area contributed by atoms with Gasteiger partial charge in [-0.05, 0) is 25.7 Å². The van der Waals surface area contributed by atoms with Gasteiger partial charge in [0.05, 0.1) is 6.10 Å². The normalized spacial score (nSPS) is 36.1. The predicted octanol–water partition coefficient (Wildman–Crippen LogP) is 1.72. The van der Waals surface area contributed by atoms with E-state index in [2.05, 4.69) is 19.9 Å². The monoisotopic (exact) mass is 126 g/mol. The van der Waals surface area contributed by atoms with Crippen molar-refractivity contribution in [2.45, 2.75) is 32.8 Å². The van der Waals surface area contributed by atoms with Gasteiger partial charge in [0.2, 0.25) is 0 Å². The maximum Gasteiger partial charge on any atom is 0.0603 e. The van der Waals surface area contributed by atoms with E-state index in [1.54, 1.807) is 0 Å². The Bertz CT molecular complexity index is 127. The molecule has 0 amide bonds. The number of aliphatic hydroxyl groups is 1. The Morgan fingerprint density at radius 1 is 1.67 bits per heavy atom. The minimum absolute atomic E-state index is 0.0892. The van der Waals surface area contributed by atoms with Gasteiger partial charge >= 0.3 is 0 Å². The van der Waals surface area contributed by atoms with Crippen LogP contribution in [-0.4, -0.2) is 11.2 Å². The Kier molecular flexibility index (Phi) is 1.91. The van der Waals surface area contributed by atoms with Crippen LogP contribution in [0, 0.1) is 5.92 Å². The molecule has 1 aliphatic rings. The van der Waals surface area contributed by atoms with Crippen molar-refractivity contribution in [3.8, 4) is 0 Å². The molecule has 0 heterocycles. The molecule has 0 saturated heterocycles. The molecule has 0 spiro atoms. The lowest BCUT2D eigenvalue weighted by Gasteiger charge is -2.22. The average Bonchev–Trinajstić information content (AvgIpc) is 1.80. The molecule has 52 valence electrons. The first kappa shape index (κ1) is 6.81. The fourth-order valence-electron chi connectivity index (χ4n) is 1.28. The van der Waals surface area contributed by atoms with Crippen molar-refractivity contribution in [2.24, 2.45) is 5.92 Å². The van der Waals surface area contributed by atoms with E-state index in [1.807, 2.05) is 0 Å². The quantitative estimate of drug-likeness (QED) is 0.490. The first-order chi connectivity index (χ1) is 4.20. The molecule has 1 heteroatoms. The second-order valence-electron chi connectivity index (χ2n) is 3.03. The lowest BCUT2D eigenvalue weighted by molar-refractivity contribution is 0.113. The summed E-state index contributed by atoms with van der Waals surface area (Å²) in [5.41, 5.74) is 1.42. The van der Waals surface area contributed by atoms with Crippen molar-refractivity contribution >= 4 is 0 Å². The Hall–Kier alpha value is -0.300. The van der Waals surface area contributed by atoms with Gasteiger partial charge in [-0.1, -0.05) is 18.6 Å². The van der Waals surface area contributed by atoms with Crippen molar-refractivity contribution in [3.63, 3.8) is 0 Å². The summed E-state index contributed by atoms with van der Waals surface area (Å²) in [4.78, 5) is 0. The van der Waals surface area contributed by atoms with Gasteiger partial charge in [0.25, 0.3) is 0 Å². The van der Waals surface area contributed by atoms with E-state index >= 15 is 0 Å². The van der Waals surface area contributed by atoms with E-state index in [4.69, 9.17) is 0 Å². The van der Waals surface area contributed by atoms with E-state index in [9.17, 15) is 5.11 Å². The van der Waals surface area contributed by atoms with Crippen molar-refractivity contribution in [1.29, 1.82) is 0 Å². The van der Waals surface area contributed by atoms with Gasteiger partial charge in [-0.25, -0.2) is 0 Å². The van der Waals surface area contributed by atoms with Crippen LogP contribution in [0.5, 0.6) is 0 Å². The summed E-state index contributed by atoms with van der Waals surface area (Å²) in [5.74, 6) is 0.468. The van der Waals surface area contributed by atoms with Crippen LogP contribution >= 0.6 is 0 Å². The molecule has 1 nitrogen and oxygen atoms in total. The molecule has 0 radical (unpaired) electrons. The van der Waals surface area contributed by atoms with E-state index in [-0.39, 0.29) is 6.10 Å². The topological polar surface area (TPSA) is 20.2 Å². The number of hydrogen-bond donors (Lipinski definition) is 1. The van der Waals surface area contributed by atoms with Crippen molar-refractivity contribution in [3.05, 3.63) is 11.6 Å². The van der Waals surface area contributed by atoms with Gasteiger partial charge in [0.1, 0.15) is 0 Å². The number of aliphatic hydroxyl groups excluding tert-OH is 1. The van der Waals surface area contributed by atoms with Gasteiger partial charge in [-0.3, -0.25) is 0 Å². The molecule has 0 aromatic rings. The first-order valence-electron chi connectivity index (χ1n) is 3.54. The van der Waals surface area contributed by atoms with Gasteiger partial charge < -0.3 is 5.11 Å². The summed E-state index contributed by atoms with van der Waals surface area (Å²) < 4.78 is 0. The highest BCUT2D eigenvalue weighted by molar-refractivity contribution is 5.05. The third-order valence-electron chi connectivity index (χ3n) is 2.01. The molecular weight excluding hydrogens is 112 g/mol. The predicted molar refractivity (Wildman–Crippen MR) is 38.2 cm³/mol. The summed E-state index contributed by atoms with van der Waals surface area (Å²) in [6, 6.07) is 0. The lowest BCUT2D eigenvalue weighted by atomic mass is 9.89. The van der Waals surface area contributed by atoms with Crippen LogP contribution in [0.1, 0.15) is 26.7 Å². The summed E-state index contributed by atoms with van der Waals surface area (Å²) in [6.45, 7) is 4.23. The van der Waals surface area contributed by atoms with Gasteiger partial charge in [0, 0.05) is 0 Å². The Morgan fingerprint density at radius 3 is 2.78 bits per heavy atom. The SMILES string of the molecule is CC1=CCC(O)C(C)C1. The van der Waals surface area contributed by atoms with Crippen LogP contribution in [0.3, 0.4) is 0 Å². The third-order valence-corrected chi connectivity index (χ3v) is 2.01. The van der Waals surface area contributed by atoms with Gasteiger partial charge in [-0.15, -0.1) is 0 Å². The largest absolute Gasteiger partial charge is 0.393 e. The zero-order valence-electron chi connectivity index (χ0n) is 6.09. The van der Waals surface area contributed by atoms with Gasteiger partial charge in [0.15, 0.2) is 0 Å². The second-order valence-corrected chi connectivity index (χ2v) is 3.03. The molecule has 9 heavy (non-hydrogen) atoms. The van der Waals surface area contributed by atoms with E-state index in [0.717, 1.165) is 12.8 Å². The fourth-order valence-corrected chi connectivity index (χ4v) is 1.28. The standard InChI is InChI=1S/C8H14O/c1-6-3-4-8(9)7(2)5-6/h3,7-9H,4-5H2,1-2H3. The third kappa shape index (κ3) is 1.55. The fraction of sp³-hybridized carbons (Fsp3) is 0.750. The van der Waals surface area contributed by atoms with Crippen LogP contribution in [0.25, 0.3) is 0 Å². The molecule has 0 fully saturated rings. The number of rotatable bonds is 0. The van der Waals surface area contributed by atoms with Gasteiger partial charge in [-0.2, -0.15) is 0 Å². The Balaban J connectivity index is 2.54. The van der Waals surface area contributed by atoms with Crippen LogP contribution < -0.4 is 0 Å². The molecule has 2 atom stereocenters. The van der Waals surface area contributed by atoms with E-state index in [0.29, 0.717) is 5.92 Å². The molecule has 0 aliphatic heterocycles. The van der Waals surface area contributed by atoms with Crippen molar-refractivity contribution < 1.29 is 5.11 Å². The molecule has 1 N–H and O–H groups in total. The zero-order valence-corrected chi connectivity index (χ0v) is 6.09. The maximum absolute atomic E-state index is 9.25. The molecule has 1 rings (SSSR count). The van der Waals surface area contributed by atoms with Crippen molar-refractivity contribution in [2.75, 3.05) is 0 Å². The van der Waals surface area contributed by atoms with Crippen molar-refractivity contribution in [1.82, 2.24) is 0 Å². The number of allylic oxidation sites excluding steroid dienone is 1. The molecular formula is C8H14O. The number of hydrogen-bond acceptors (Lipinski definition) is 1. The first-order valence-corrected chi connectivity index (χ1v) is 3.54. The maximum atomic E-state index is 9.25. The highest BCUT2D eigenvalue weighted by Gasteiger charge is 2.16. The molecule has 1 aliphatic carbocycles. The summed E-state index contributed by atoms with van der Waals surface area (Å²) >= 11 is 0. The Labute approximate surface area is 56.4 Å². The minimum Gasteiger partial charge on any atom is -0.393 e. The minimum atomic E-state index is -0.0892. The highest BCUT2D eigenvalue weighted by Crippen LogP contribution is 2.22. The molecule has 2 unspecified atom stereocenters. The van der Waals surface area contributed by atoms with Crippen LogP contribution in [-0.2, 0) is 0 Å². The second kappa shape index (κ2) is 2.53. The Morgan fingerprint density at radius 2 is 2.33 bits per heavy atom. The smallest absolute Gasteiger partial charge is 0.0603 e. The molecule has 0 bridgehead atoms. The highest BCUT2D eigenvalue weighted by atomic mass is 16.3. The lowest BCUT2D eigenvalue weighted by Crippen LogP contribution is -2.20. The van der Waals surface area contributed by atoms with Crippen LogP contribution in [0.15, 0.2) is 11.6 Å². The average molecular weight is 126 g/mol. The summed E-state index contributed by atoms with van der Waals surface area (Å²) in [5, 5.41) is 9.25. The molecule has 0 aromatic heterocycles. The summed E-state index contributed by atoms with van der Waals surface area (Å²) in [6.07, 6.45) is 3.97.